The zero-order valence-corrected chi connectivity index (χ0v) is 17.2. The van der Waals surface area contributed by atoms with E-state index >= 15 is 0 Å². The molecule has 1 saturated heterocycles. The molecule has 0 bridgehead atoms. The highest BCUT2D eigenvalue weighted by Crippen LogP contribution is 2.19. The second kappa shape index (κ2) is 9.56. The average molecular weight is 400 g/mol. The van der Waals surface area contributed by atoms with Crippen molar-refractivity contribution in [3.63, 3.8) is 0 Å². The number of carbonyl (C=O) groups is 1. The Morgan fingerprint density at radius 1 is 1.21 bits per heavy atom. The number of nitrogens with one attached hydrogen (secondary N) is 1. The van der Waals surface area contributed by atoms with Crippen molar-refractivity contribution in [3.8, 4) is 5.75 Å². The maximum absolute atomic E-state index is 12.7. The molecule has 29 heavy (non-hydrogen) atoms. The maximum Gasteiger partial charge on any atom is 0.255 e. The fourth-order valence-electron chi connectivity index (χ4n) is 3.48. The van der Waals surface area contributed by atoms with Crippen LogP contribution in [-0.4, -0.2) is 42.8 Å². The molecule has 1 amide bonds. The second-order valence-corrected chi connectivity index (χ2v) is 7.16. The van der Waals surface area contributed by atoms with Crippen molar-refractivity contribution in [3.05, 3.63) is 51.9 Å². The highest BCUT2D eigenvalue weighted by atomic mass is 16.5. The van der Waals surface area contributed by atoms with Gasteiger partial charge in [0.2, 0.25) is 11.9 Å². The number of nitrogens with zero attached hydrogens (tertiary/aromatic N) is 3. The van der Waals surface area contributed by atoms with Gasteiger partial charge in [0.25, 0.3) is 5.56 Å². The minimum absolute atomic E-state index is 0.0780. The van der Waals surface area contributed by atoms with E-state index in [0.29, 0.717) is 11.6 Å². The highest BCUT2D eigenvalue weighted by Gasteiger charge is 2.21. The summed E-state index contributed by atoms with van der Waals surface area (Å²) in [5.74, 6) is 1.06. The van der Waals surface area contributed by atoms with Crippen molar-refractivity contribution < 1.29 is 14.3 Å². The number of aromatic nitrogens is 2. The molecule has 0 aliphatic carbocycles. The Hall–Kier alpha value is -2.87. The lowest BCUT2D eigenvalue weighted by Gasteiger charge is -2.22. The number of hydrogen-bond donors (Lipinski definition) is 1. The molecular weight excluding hydrogens is 372 g/mol. The van der Waals surface area contributed by atoms with Gasteiger partial charge in [-0.1, -0.05) is 12.1 Å². The van der Waals surface area contributed by atoms with Gasteiger partial charge in [-0.25, -0.2) is 4.98 Å². The zero-order chi connectivity index (χ0) is 20.8. The molecule has 1 fully saturated rings. The van der Waals surface area contributed by atoms with Crippen LogP contribution in [-0.2, 0) is 22.7 Å². The van der Waals surface area contributed by atoms with Gasteiger partial charge in [0, 0.05) is 26.3 Å². The Kier molecular flexibility index (Phi) is 6.87. The van der Waals surface area contributed by atoms with Gasteiger partial charge in [0.05, 0.1) is 25.5 Å². The summed E-state index contributed by atoms with van der Waals surface area (Å²) in [6.07, 6.45) is 2.09. The van der Waals surface area contributed by atoms with E-state index in [0.717, 1.165) is 37.2 Å². The molecule has 156 valence electrons. The quantitative estimate of drug-likeness (QED) is 0.728. The van der Waals surface area contributed by atoms with Crippen LogP contribution in [0.25, 0.3) is 0 Å². The molecule has 1 atom stereocenters. The van der Waals surface area contributed by atoms with Crippen LogP contribution in [0.1, 0.15) is 37.1 Å². The van der Waals surface area contributed by atoms with Crippen LogP contribution in [0.15, 0.2) is 35.1 Å². The molecule has 0 radical (unpaired) electrons. The van der Waals surface area contributed by atoms with E-state index in [1.165, 1.54) is 10.6 Å². The van der Waals surface area contributed by atoms with Gasteiger partial charge in [-0.3, -0.25) is 14.2 Å². The van der Waals surface area contributed by atoms with Crippen molar-refractivity contribution in [2.75, 3.05) is 32.2 Å². The molecule has 1 aromatic carbocycles. The van der Waals surface area contributed by atoms with Crippen LogP contribution in [0.3, 0.4) is 0 Å². The van der Waals surface area contributed by atoms with Crippen molar-refractivity contribution >= 4 is 11.9 Å². The molecule has 8 heteroatoms. The first-order chi connectivity index (χ1) is 14.0. The third-order valence-electron chi connectivity index (χ3n) is 5.02. The molecule has 1 aliphatic heterocycles. The van der Waals surface area contributed by atoms with Crippen LogP contribution in [0.5, 0.6) is 5.75 Å². The molecule has 2 aromatic rings. The van der Waals surface area contributed by atoms with E-state index in [1.54, 1.807) is 14.2 Å². The number of benzene rings is 1. The Balaban J connectivity index is 1.77. The standard InChI is InChI=1S/C21H28N4O4/c1-15(16-6-8-18(29-3)9-7-16)22-19(26)13-25-20(27)12-17(14-28-2)23-21(25)24-10-4-5-11-24/h6-9,12,15H,4-5,10-11,13-14H2,1-3H3,(H,22,26)/t15-/m1/s1. The summed E-state index contributed by atoms with van der Waals surface area (Å²) in [6.45, 7) is 3.74. The van der Waals surface area contributed by atoms with E-state index in [9.17, 15) is 9.59 Å². The Labute approximate surface area is 170 Å². The van der Waals surface area contributed by atoms with Crippen molar-refractivity contribution in [2.45, 2.75) is 39.0 Å². The summed E-state index contributed by atoms with van der Waals surface area (Å²) >= 11 is 0. The van der Waals surface area contributed by atoms with E-state index in [-0.39, 0.29) is 30.7 Å². The molecule has 2 heterocycles. The van der Waals surface area contributed by atoms with Gasteiger partial charge >= 0.3 is 0 Å². The van der Waals surface area contributed by atoms with Gasteiger partial charge in [-0.15, -0.1) is 0 Å². The number of amides is 1. The summed E-state index contributed by atoms with van der Waals surface area (Å²) in [5, 5.41) is 2.96. The number of carbonyl (C=O) groups excluding carboxylic acids is 1. The first-order valence-corrected chi connectivity index (χ1v) is 9.79. The van der Waals surface area contributed by atoms with E-state index in [4.69, 9.17) is 9.47 Å². The Morgan fingerprint density at radius 3 is 2.52 bits per heavy atom. The first kappa shape index (κ1) is 20.9. The molecule has 8 nitrogen and oxygen atoms in total. The number of anilines is 1. The molecule has 1 N–H and O–H groups in total. The lowest BCUT2D eigenvalue weighted by molar-refractivity contribution is -0.122. The number of hydrogen-bond acceptors (Lipinski definition) is 6. The maximum atomic E-state index is 12.7. The van der Waals surface area contributed by atoms with Gasteiger partial charge in [-0.2, -0.15) is 0 Å². The third kappa shape index (κ3) is 5.14. The summed E-state index contributed by atoms with van der Waals surface area (Å²) in [5.41, 5.74) is 1.28. The van der Waals surface area contributed by atoms with E-state index < -0.39 is 0 Å². The lowest BCUT2D eigenvalue weighted by atomic mass is 10.1. The van der Waals surface area contributed by atoms with Crippen LogP contribution in [0.4, 0.5) is 5.95 Å². The largest absolute Gasteiger partial charge is 0.497 e. The summed E-state index contributed by atoms with van der Waals surface area (Å²) in [4.78, 5) is 32.0. The van der Waals surface area contributed by atoms with Crippen LogP contribution >= 0.6 is 0 Å². The normalized spacial score (nSPS) is 14.7. The van der Waals surface area contributed by atoms with Crippen LogP contribution in [0, 0.1) is 0 Å². The molecular formula is C21H28N4O4. The average Bonchev–Trinajstić information content (AvgIpc) is 3.24. The smallest absolute Gasteiger partial charge is 0.255 e. The van der Waals surface area contributed by atoms with E-state index in [1.807, 2.05) is 31.2 Å². The highest BCUT2D eigenvalue weighted by molar-refractivity contribution is 5.76. The fraction of sp³-hybridized carbons (Fsp3) is 0.476. The van der Waals surface area contributed by atoms with Crippen molar-refractivity contribution in [1.82, 2.24) is 14.9 Å². The first-order valence-electron chi connectivity index (χ1n) is 9.79. The molecule has 3 rings (SSSR count). The predicted octanol–water partition coefficient (Wildman–Crippen LogP) is 1.88. The zero-order valence-electron chi connectivity index (χ0n) is 17.2. The Bertz CT molecular complexity index is 889. The molecule has 1 aliphatic rings. The third-order valence-corrected chi connectivity index (χ3v) is 5.02. The van der Waals surface area contributed by atoms with E-state index in [2.05, 4.69) is 15.2 Å². The number of ether oxygens (including phenoxy) is 2. The summed E-state index contributed by atoms with van der Waals surface area (Å²) in [6, 6.07) is 8.77. The molecule has 1 aromatic heterocycles. The van der Waals surface area contributed by atoms with Crippen LogP contribution in [0.2, 0.25) is 0 Å². The molecule has 0 spiro atoms. The monoisotopic (exact) mass is 400 g/mol. The second-order valence-electron chi connectivity index (χ2n) is 7.16. The van der Waals surface area contributed by atoms with Gasteiger partial charge in [0.15, 0.2) is 0 Å². The summed E-state index contributed by atoms with van der Waals surface area (Å²) < 4.78 is 11.7. The fourth-order valence-corrected chi connectivity index (χ4v) is 3.48. The van der Waals surface area contributed by atoms with Gasteiger partial charge in [0.1, 0.15) is 12.3 Å². The lowest BCUT2D eigenvalue weighted by Crippen LogP contribution is -2.37. The van der Waals surface area contributed by atoms with Gasteiger partial charge in [-0.05, 0) is 37.5 Å². The minimum atomic E-state index is -0.249. The molecule has 0 saturated carbocycles. The Morgan fingerprint density at radius 2 is 1.90 bits per heavy atom. The summed E-state index contributed by atoms with van der Waals surface area (Å²) in [7, 11) is 3.18. The predicted molar refractivity (Wildman–Crippen MR) is 110 cm³/mol. The topological polar surface area (TPSA) is 85.7 Å². The van der Waals surface area contributed by atoms with Crippen molar-refractivity contribution in [2.24, 2.45) is 0 Å². The SMILES string of the molecule is COCc1cc(=O)n(CC(=O)N[C@H](C)c2ccc(OC)cc2)c(N2CCCC2)n1. The number of methoxy groups -OCH3 is 2. The number of rotatable bonds is 8. The molecule has 0 unspecified atom stereocenters. The van der Waals surface area contributed by atoms with Crippen LogP contribution < -0.4 is 20.5 Å². The minimum Gasteiger partial charge on any atom is -0.497 e. The van der Waals surface area contributed by atoms with Crippen molar-refractivity contribution in [1.29, 1.82) is 0 Å². The van der Waals surface area contributed by atoms with Gasteiger partial charge < -0.3 is 19.7 Å².